The summed E-state index contributed by atoms with van der Waals surface area (Å²) in [7, 11) is 0. The summed E-state index contributed by atoms with van der Waals surface area (Å²) in [6, 6.07) is 0.792. The largest absolute Gasteiger partial charge is 0.300 e. The lowest BCUT2D eigenvalue weighted by Gasteiger charge is -2.44. The molecule has 2 bridgehead atoms. The molecule has 84 valence electrons. The van der Waals surface area contributed by atoms with Crippen LogP contribution >= 0.6 is 0 Å². The zero-order valence-electron chi connectivity index (χ0n) is 10.4. The molecule has 0 aromatic carbocycles. The van der Waals surface area contributed by atoms with Gasteiger partial charge in [-0.2, -0.15) is 0 Å². The van der Waals surface area contributed by atoms with Gasteiger partial charge in [0, 0.05) is 6.04 Å². The summed E-state index contributed by atoms with van der Waals surface area (Å²) in [5.74, 6) is 3.69. The van der Waals surface area contributed by atoms with Crippen LogP contribution in [0.4, 0.5) is 0 Å². The van der Waals surface area contributed by atoms with Crippen LogP contribution in [-0.4, -0.2) is 12.1 Å². The van der Waals surface area contributed by atoms with Crippen molar-refractivity contribution in [2.75, 3.05) is 0 Å². The first-order valence-corrected chi connectivity index (χ1v) is 6.12. The van der Waals surface area contributed by atoms with E-state index in [-0.39, 0.29) is 6.04 Å². The Morgan fingerprint density at radius 1 is 1.40 bits per heavy atom. The van der Waals surface area contributed by atoms with Gasteiger partial charge in [0.2, 0.25) is 0 Å². The first kappa shape index (κ1) is 11.0. The monoisotopic (exact) mass is 205 g/mol. The number of rotatable bonds is 2. The Labute approximate surface area is 94.0 Å². The highest BCUT2D eigenvalue weighted by molar-refractivity contribution is 5.14. The summed E-state index contributed by atoms with van der Waals surface area (Å²) in [5.41, 5.74) is 0.900. The summed E-state index contributed by atoms with van der Waals surface area (Å²) in [4.78, 5) is 0. The van der Waals surface area contributed by atoms with Gasteiger partial charge >= 0.3 is 0 Å². The second-order valence-corrected chi connectivity index (χ2v) is 6.40. The quantitative estimate of drug-likeness (QED) is 0.684. The second-order valence-electron chi connectivity index (χ2n) is 6.40. The lowest BCUT2D eigenvalue weighted by Crippen LogP contribution is -2.52. The van der Waals surface area contributed by atoms with E-state index < -0.39 is 0 Å². The third-order valence-corrected chi connectivity index (χ3v) is 4.94. The molecule has 0 saturated heterocycles. The average molecular weight is 205 g/mol. The van der Waals surface area contributed by atoms with E-state index in [0.717, 1.165) is 5.92 Å². The predicted molar refractivity (Wildman–Crippen MR) is 64.4 cm³/mol. The molecule has 2 unspecified atom stereocenters. The van der Waals surface area contributed by atoms with Crippen molar-refractivity contribution in [2.24, 2.45) is 16.7 Å². The third kappa shape index (κ3) is 1.51. The molecule has 1 nitrogen and oxygen atoms in total. The topological polar surface area (TPSA) is 12.0 Å². The fraction of sp³-hybridized carbons (Fsp3) is 0.857. The Hall–Kier alpha value is -0.480. The molecule has 0 radical (unpaired) electrons. The molecule has 0 aromatic heterocycles. The summed E-state index contributed by atoms with van der Waals surface area (Å²) in [6.07, 6.45) is 9.63. The summed E-state index contributed by atoms with van der Waals surface area (Å²) >= 11 is 0. The summed E-state index contributed by atoms with van der Waals surface area (Å²) in [5, 5.41) is 3.65. The highest BCUT2D eigenvalue weighted by atomic mass is 15.0. The van der Waals surface area contributed by atoms with E-state index in [4.69, 9.17) is 6.42 Å². The number of hydrogen-bond acceptors (Lipinski definition) is 1. The molecule has 0 aliphatic heterocycles. The maximum absolute atomic E-state index is 5.47. The lowest BCUT2D eigenvalue weighted by molar-refractivity contribution is 0.106. The van der Waals surface area contributed by atoms with E-state index >= 15 is 0 Å². The van der Waals surface area contributed by atoms with Crippen molar-refractivity contribution < 1.29 is 0 Å². The highest BCUT2D eigenvalue weighted by Gasteiger charge is 2.59. The second kappa shape index (κ2) is 3.25. The van der Waals surface area contributed by atoms with Crippen LogP contribution in [-0.2, 0) is 0 Å². The average Bonchev–Trinajstić information content (AvgIpc) is 2.63. The van der Waals surface area contributed by atoms with Crippen LogP contribution in [0.25, 0.3) is 0 Å². The molecule has 2 aliphatic rings. The zero-order valence-corrected chi connectivity index (χ0v) is 10.4. The van der Waals surface area contributed by atoms with E-state index in [1.165, 1.54) is 19.3 Å². The van der Waals surface area contributed by atoms with Crippen molar-refractivity contribution in [1.29, 1.82) is 0 Å². The molecule has 0 amide bonds. The van der Waals surface area contributed by atoms with Gasteiger partial charge in [-0.1, -0.05) is 26.7 Å². The molecule has 2 saturated carbocycles. The first-order chi connectivity index (χ1) is 6.90. The predicted octanol–water partition coefficient (Wildman–Crippen LogP) is 2.81. The molecule has 0 spiro atoms. The number of fused-ring (bicyclic) bond motifs is 2. The van der Waals surface area contributed by atoms with Gasteiger partial charge in [0.25, 0.3) is 0 Å². The van der Waals surface area contributed by atoms with Crippen molar-refractivity contribution in [3.63, 3.8) is 0 Å². The fourth-order valence-electron chi connectivity index (χ4n) is 4.02. The minimum atomic E-state index is 0.199. The molecular formula is C14H23N. The minimum absolute atomic E-state index is 0.199. The first-order valence-electron chi connectivity index (χ1n) is 6.12. The number of hydrogen-bond donors (Lipinski definition) is 1. The van der Waals surface area contributed by atoms with Crippen molar-refractivity contribution in [3.05, 3.63) is 0 Å². The molecular weight excluding hydrogens is 182 g/mol. The molecule has 15 heavy (non-hydrogen) atoms. The highest BCUT2D eigenvalue weighted by Crippen LogP contribution is 2.62. The van der Waals surface area contributed by atoms with Gasteiger partial charge in [0.15, 0.2) is 0 Å². The van der Waals surface area contributed by atoms with Crippen molar-refractivity contribution >= 4 is 0 Å². The van der Waals surface area contributed by atoms with Gasteiger partial charge in [-0.25, -0.2) is 0 Å². The summed E-state index contributed by atoms with van der Waals surface area (Å²) in [6.45, 7) is 9.33. The molecule has 0 aromatic rings. The van der Waals surface area contributed by atoms with Crippen LogP contribution in [0.15, 0.2) is 0 Å². The van der Waals surface area contributed by atoms with Crippen molar-refractivity contribution in [2.45, 2.75) is 59.0 Å². The normalized spacial score (nSPS) is 43.9. The van der Waals surface area contributed by atoms with Gasteiger partial charge in [-0.15, -0.1) is 6.42 Å². The molecule has 2 fully saturated rings. The molecule has 1 heteroatoms. The number of terminal acetylenes is 1. The van der Waals surface area contributed by atoms with Gasteiger partial charge in [0.05, 0.1) is 6.04 Å². The van der Waals surface area contributed by atoms with E-state index in [2.05, 4.69) is 38.9 Å². The minimum Gasteiger partial charge on any atom is -0.300 e. The standard InChI is InChI=1S/C14H23N/c1-6-10(2)15-12-13(3,4)11-7-8-14(12,5)9-11/h1,10-12,15H,7-9H2,2-5H3/t10?,11-,12?,14+/m0/s1. The maximum Gasteiger partial charge on any atom is 0.0660 e. The van der Waals surface area contributed by atoms with E-state index in [1.54, 1.807) is 0 Å². The smallest absolute Gasteiger partial charge is 0.0660 e. The zero-order chi connectivity index (χ0) is 11.3. The van der Waals surface area contributed by atoms with E-state index in [1.807, 2.05) is 0 Å². The Morgan fingerprint density at radius 3 is 2.53 bits per heavy atom. The number of nitrogens with one attached hydrogen (secondary N) is 1. The molecule has 2 rings (SSSR count). The Kier molecular flexibility index (Phi) is 2.39. The van der Waals surface area contributed by atoms with Crippen LogP contribution in [0.3, 0.4) is 0 Å². The Bertz CT molecular complexity index is 294. The Morgan fingerprint density at radius 2 is 2.07 bits per heavy atom. The summed E-state index contributed by atoms with van der Waals surface area (Å²) < 4.78 is 0. The molecule has 0 heterocycles. The maximum atomic E-state index is 5.47. The Balaban J connectivity index is 2.20. The van der Waals surface area contributed by atoms with Gasteiger partial charge in [0.1, 0.15) is 0 Å². The third-order valence-electron chi connectivity index (χ3n) is 4.94. The van der Waals surface area contributed by atoms with Crippen LogP contribution in [0.1, 0.15) is 47.0 Å². The SMILES string of the molecule is C#CC(C)NC1C(C)(C)[C@H]2CC[C@]1(C)C2. The molecule has 2 aliphatic carbocycles. The van der Waals surface area contributed by atoms with Gasteiger partial charge in [-0.3, -0.25) is 0 Å². The van der Waals surface area contributed by atoms with E-state index in [9.17, 15) is 0 Å². The van der Waals surface area contributed by atoms with Crippen LogP contribution in [0.5, 0.6) is 0 Å². The van der Waals surface area contributed by atoms with Crippen LogP contribution < -0.4 is 5.32 Å². The van der Waals surface area contributed by atoms with Gasteiger partial charge in [-0.05, 0) is 42.9 Å². The fourth-order valence-corrected chi connectivity index (χ4v) is 4.02. The van der Waals surface area contributed by atoms with E-state index in [0.29, 0.717) is 16.9 Å². The lowest BCUT2D eigenvalue weighted by atomic mass is 9.68. The van der Waals surface area contributed by atoms with Crippen LogP contribution in [0, 0.1) is 29.1 Å². The molecule has 1 N–H and O–H groups in total. The van der Waals surface area contributed by atoms with Crippen LogP contribution in [0.2, 0.25) is 0 Å². The van der Waals surface area contributed by atoms with Crippen molar-refractivity contribution in [3.8, 4) is 12.3 Å². The van der Waals surface area contributed by atoms with Crippen molar-refractivity contribution in [1.82, 2.24) is 5.32 Å². The van der Waals surface area contributed by atoms with Gasteiger partial charge < -0.3 is 5.32 Å². The molecule has 4 atom stereocenters.